The van der Waals surface area contributed by atoms with Crippen LogP contribution in [0.5, 0.6) is 0 Å². The van der Waals surface area contributed by atoms with Crippen molar-refractivity contribution in [2.24, 2.45) is 0 Å². The van der Waals surface area contributed by atoms with Gasteiger partial charge in [0.05, 0.1) is 27.1 Å². The number of anilines is 1. The molecule has 0 heterocycles. The van der Waals surface area contributed by atoms with Gasteiger partial charge in [0.2, 0.25) is 0 Å². The molecule has 0 aliphatic rings. The number of rotatable bonds is 5. The van der Waals surface area contributed by atoms with Gasteiger partial charge in [-0.15, -0.1) is 0 Å². The summed E-state index contributed by atoms with van der Waals surface area (Å²) in [6.07, 6.45) is -0.107. The zero-order valence-electron chi connectivity index (χ0n) is 8.44. The van der Waals surface area contributed by atoms with E-state index >= 15 is 0 Å². The van der Waals surface area contributed by atoms with Crippen LogP contribution in [0.15, 0.2) is 12.1 Å². The number of hydrogen-bond donors (Lipinski definition) is 2. The van der Waals surface area contributed by atoms with Gasteiger partial charge in [0.25, 0.3) is 5.69 Å². The number of halogens is 2. The van der Waals surface area contributed by atoms with Crippen LogP contribution in [0, 0.1) is 10.1 Å². The van der Waals surface area contributed by atoms with Crippen LogP contribution in [0.2, 0.25) is 10.0 Å². The highest BCUT2D eigenvalue weighted by Gasteiger charge is 2.14. The van der Waals surface area contributed by atoms with E-state index in [-0.39, 0.29) is 28.7 Å². The third-order valence-electron chi connectivity index (χ3n) is 1.88. The van der Waals surface area contributed by atoms with Crippen molar-refractivity contribution in [1.82, 2.24) is 0 Å². The monoisotopic (exact) mass is 278 g/mol. The summed E-state index contributed by atoms with van der Waals surface area (Å²) in [4.78, 5) is 20.2. The second kappa shape index (κ2) is 5.70. The Hall–Kier alpha value is -1.53. The molecule has 1 rings (SSSR count). The second-order valence-corrected chi connectivity index (χ2v) is 3.93. The van der Waals surface area contributed by atoms with E-state index in [1.54, 1.807) is 0 Å². The number of nitrogens with zero attached hydrogens (tertiary/aromatic N) is 1. The van der Waals surface area contributed by atoms with Gasteiger partial charge in [-0.2, -0.15) is 0 Å². The number of benzene rings is 1. The smallest absolute Gasteiger partial charge is 0.305 e. The molecule has 0 spiro atoms. The Morgan fingerprint density at radius 3 is 2.35 bits per heavy atom. The normalized spacial score (nSPS) is 10.0. The minimum Gasteiger partial charge on any atom is -0.481 e. The third-order valence-corrected chi connectivity index (χ3v) is 2.47. The first-order valence-electron chi connectivity index (χ1n) is 4.51. The lowest BCUT2D eigenvalue weighted by molar-refractivity contribution is -0.384. The maximum atomic E-state index is 10.5. The van der Waals surface area contributed by atoms with Crippen LogP contribution in [0.3, 0.4) is 0 Å². The molecule has 0 aromatic heterocycles. The Labute approximate surface area is 106 Å². The Morgan fingerprint density at radius 2 is 1.94 bits per heavy atom. The summed E-state index contributed by atoms with van der Waals surface area (Å²) in [6, 6.07) is 2.30. The standard InChI is InChI=1S/C9H8Cl2N2O4/c10-6-3-5(13(16)17)4-7(11)9(6)12-2-1-8(14)15/h3-4,12H,1-2H2,(H,14,15). The fraction of sp³-hybridized carbons (Fsp3) is 0.222. The number of non-ortho nitro benzene ring substituents is 1. The highest BCUT2D eigenvalue weighted by atomic mass is 35.5. The maximum absolute atomic E-state index is 10.5. The number of carbonyl (C=O) groups is 1. The largest absolute Gasteiger partial charge is 0.481 e. The number of hydrogen-bond acceptors (Lipinski definition) is 4. The van der Waals surface area contributed by atoms with Crippen molar-refractivity contribution in [2.75, 3.05) is 11.9 Å². The molecular formula is C9H8Cl2N2O4. The van der Waals surface area contributed by atoms with Gasteiger partial charge in [-0.05, 0) is 0 Å². The molecule has 0 saturated carbocycles. The molecule has 0 bridgehead atoms. The summed E-state index contributed by atoms with van der Waals surface area (Å²) in [5, 5.41) is 21.8. The highest BCUT2D eigenvalue weighted by Crippen LogP contribution is 2.34. The zero-order chi connectivity index (χ0) is 13.0. The third kappa shape index (κ3) is 3.76. The van der Waals surface area contributed by atoms with E-state index in [4.69, 9.17) is 28.3 Å². The predicted octanol–water partition coefficient (Wildman–Crippen LogP) is 2.79. The van der Waals surface area contributed by atoms with Gasteiger partial charge in [0.1, 0.15) is 0 Å². The van der Waals surface area contributed by atoms with Gasteiger partial charge >= 0.3 is 5.97 Å². The minimum atomic E-state index is -0.966. The predicted molar refractivity (Wildman–Crippen MR) is 63.9 cm³/mol. The van der Waals surface area contributed by atoms with Crippen LogP contribution in [0.4, 0.5) is 11.4 Å². The van der Waals surface area contributed by atoms with E-state index in [1.807, 2.05) is 0 Å². The van der Waals surface area contributed by atoms with E-state index in [2.05, 4.69) is 5.32 Å². The van der Waals surface area contributed by atoms with E-state index in [0.717, 1.165) is 12.1 Å². The first-order chi connectivity index (χ1) is 7.91. The number of aliphatic carboxylic acids is 1. The minimum absolute atomic E-state index is 0.0783. The van der Waals surface area contributed by atoms with Crippen molar-refractivity contribution in [2.45, 2.75) is 6.42 Å². The summed E-state index contributed by atoms with van der Waals surface area (Å²) in [6.45, 7) is 0.132. The highest BCUT2D eigenvalue weighted by molar-refractivity contribution is 6.39. The van der Waals surface area contributed by atoms with Gasteiger partial charge < -0.3 is 10.4 Å². The second-order valence-electron chi connectivity index (χ2n) is 3.11. The van der Waals surface area contributed by atoms with Gasteiger partial charge in [-0.3, -0.25) is 14.9 Å². The average molecular weight is 279 g/mol. The first kappa shape index (κ1) is 13.5. The Kier molecular flexibility index (Phi) is 4.53. The summed E-state index contributed by atoms with van der Waals surface area (Å²) < 4.78 is 0. The van der Waals surface area contributed by atoms with Crippen molar-refractivity contribution >= 4 is 40.5 Å². The molecule has 2 N–H and O–H groups in total. The fourth-order valence-electron chi connectivity index (χ4n) is 1.13. The molecule has 6 nitrogen and oxygen atoms in total. The van der Waals surface area contributed by atoms with Crippen molar-refractivity contribution < 1.29 is 14.8 Å². The molecule has 0 radical (unpaired) electrons. The molecule has 0 aliphatic carbocycles. The van der Waals surface area contributed by atoms with Crippen LogP contribution in [0.25, 0.3) is 0 Å². The van der Waals surface area contributed by atoms with Crippen LogP contribution < -0.4 is 5.32 Å². The molecule has 1 aromatic rings. The maximum Gasteiger partial charge on any atom is 0.305 e. The fourth-order valence-corrected chi connectivity index (χ4v) is 1.74. The van der Waals surface area contributed by atoms with Crippen molar-refractivity contribution in [3.8, 4) is 0 Å². The Morgan fingerprint density at radius 1 is 1.41 bits per heavy atom. The van der Waals surface area contributed by atoms with Crippen LogP contribution in [0.1, 0.15) is 6.42 Å². The topological polar surface area (TPSA) is 92.5 Å². The molecule has 8 heteroatoms. The lowest BCUT2D eigenvalue weighted by Gasteiger charge is -2.08. The van der Waals surface area contributed by atoms with Crippen LogP contribution >= 0.6 is 23.2 Å². The van der Waals surface area contributed by atoms with E-state index in [0.29, 0.717) is 5.69 Å². The molecular weight excluding hydrogens is 271 g/mol. The SMILES string of the molecule is O=C(O)CCNc1c(Cl)cc([N+](=O)[O-])cc1Cl. The van der Waals surface area contributed by atoms with Crippen LogP contribution in [-0.4, -0.2) is 22.5 Å². The lowest BCUT2D eigenvalue weighted by atomic mass is 10.2. The number of nitro benzene ring substituents is 1. The molecule has 92 valence electrons. The molecule has 0 aliphatic heterocycles. The van der Waals surface area contributed by atoms with Crippen molar-refractivity contribution in [3.05, 3.63) is 32.3 Å². The summed E-state index contributed by atoms with van der Waals surface area (Å²) in [5.41, 5.74) is 0.0731. The molecule has 0 fully saturated rings. The summed E-state index contributed by atoms with van der Waals surface area (Å²) >= 11 is 11.6. The lowest BCUT2D eigenvalue weighted by Crippen LogP contribution is -2.08. The van der Waals surface area contributed by atoms with Gasteiger partial charge in [-0.1, -0.05) is 23.2 Å². The molecule has 0 saturated heterocycles. The number of nitro groups is 1. The molecule has 0 amide bonds. The van der Waals surface area contributed by atoms with Gasteiger partial charge in [0.15, 0.2) is 0 Å². The van der Waals surface area contributed by atoms with Gasteiger partial charge in [0, 0.05) is 18.7 Å². The van der Waals surface area contributed by atoms with E-state index in [9.17, 15) is 14.9 Å². The van der Waals surface area contributed by atoms with Crippen LogP contribution in [-0.2, 0) is 4.79 Å². The number of nitrogens with one attached hydrogen (secondary N) is 1. The molecule has 0 atom stereocenters. The number of carboxylic acid groups (broad SMARTS) is 1. The van der Waals surface area contributed by atoms with Crippen molar-refractivity contribution in [1.29, 1.82) is 0 Å². The molecule has 1 aromatic carbocycles. The van der Waals surface area contributed by atoms with E-state index in [1.165, 1.54) is 0 Å². The van der Waals surface area contributed by atoms with Crippen molar-refractivity contribution in [3.63, 3.8) is 0 Å². The average Bonchev–Trinajstić information content (AvgIpc) is 2.21. The first-order valence-corrected chi connectivity index (χ1v) is 5.26. The number of carboxylic acids is 1. The summed E-state index contributed by atoms with van der Waals surface area (Å²) in [7, 11) is 0. The Balaban J connectivity index is 2.86. The zero-order valence-corrected chi connectivity index (χ0v) is 9.96. The summed E-state index contributed by atoms with van der Waals surface area (Å²) in [5.74, 6) is -0.966. The Bertz CT molecular complexity index is 441. The quantitative estimate of drug-likeness (QED) is 0.638. The molecule has 17 heavy (non-hydrogen) atoms. The van der Waals surface area contributed by atoms with Gasteiger partial charge in [-0.25, -0.2) is 0 Å². The molecule has 0 unspecified atom stereocenters. The van der Waals surface area contributed by atoms with E-state index < -0.39 is 10.9 Å².